The smallest absolute Gasteiger partial charge is 0.425 e. The van der Waals surface area contributed by atoms with Gasteiger partial charge in [0.05, 0.1) is 16.8 Å². The zero-order valence-corrected chi connectivity index (χ0v) is 24.5. The van der Waals surface area contributed by atoms with Crippen LogP contribution in [0.4, 0.5) is 18.0 Å². The summed E-state index contributed by atoms with van der Waals surface area (Å²) in [6.45, 7) is 5.06. The van der Waals surface area contributed by atoms with Gasteiger partial charge in [-0.1, -0.05) is 35.9 Å². The summed E-state index contributed by atoms with van der Waals surface area (Å²) < 4.78 is 46.5. The Morgan fingerprint density at radius 3 is 2.38 bits per heavy atom. The van der Waals surface area contributed by atoms with Gasteiger partial charge in [0.15, 0.2) is 6.10 Å². The predicted molar refractivity (Wildman–Crippen MR) is 154 cm³/mol. The fourth-order valence-corrected chi connectivity index (χ4v) is 5.00. The molecule has 1 heterocycles. The van der Waals surface area contributed by atoms with Crippen molar-refractivity contribution >= 4 is 23.5 Å². The molecule has 42 heavy (non-hydrogen) atoms. The van der Waals surface area contributed by atoms with E-state index in [2.05, 4.69) is 10.6 Å². The normalized spacial score (nSPS) is 13.7. The number of urea groups is 1. The highest BCUT2D eigenvalue weighted by atomic mass is 35.5. The lowest BCUT2D eigenvalue weighted by Crippen LogP contribution is -2.35. The summed E-state index contributed by atoms with van der Waals surface area (Å²) in [5.74, 6) is -0.896. The molecule has 3 amide bonds. The third-order valence-corrected chi connectivity index (χ3v) is 7.29. The van der Waals surface area contributed by atoms with Gasteiger partial charge in [-0.2, -0.15) is 13.2 Å². The van der Waals surface area contributed by atoms with Crippen LogP contribution >= 0.6 is 11.6 Å². The molecule has 0 radical (unpaired) electrons. The van der Waals surface area contributed by atoms with Crippen LogP contribution in [-0.4, -0.2) is 52.5 Å². The molecule has 13 heteroatoms. The first kappa shape index (κ1) is 32.7. The lowest BCUT2D eigenvalue weighted by atomic mass is 9.86. The average Bonchev–Trinajstić information content (AvgIpc) is 3.38. The number of aliphatic hydroxyl groups is 1. The second kappa shape index (κ2) is 13.9. The molecule has 0 saturated heterocycles. The molecule has 5 N–H and O–H groups in total. The summed E-state index contributed by atoms with van der Waals surface area (Å²) >= 11 is 6.53. The van der Waals surface area contributed by atoms with E-state index in [1.54, 1.807) is 0 Å². The van der Waals surface area contributed by atoms with Crippen LogP contribution in [0.3, 0.4) is 0 Å². The highest BCUT2D eigenvalue weighted by Gasteiger charge is 2.39. The molecule has 3 atom stereocenters. The number of halogens is 4. The fraction of sp³-hybridized carbons (Fsp3) is 0.414. The number of alkyl halides is 3. The second-order valence-electron chi connectivity index (χ2n) is 9.83. The van der Waals surface area contributed by atoms with Crippen molar-refractivity contribution in [3.63, 3.8) is 0 Å². The van der Waals surface area contributed by atoms with Gasteiger partial charge in [-0.25, -0.2) is 9.78 Å². The minimum atomic E-state index is -4.62. The minimum Gasteiger partial charge on any atom is -0.480 e. The lowest BCUT2D eigenvalue weighted by Gasteiger charge is -2.24. The van der Waals surface area contributed by atoms with Crippen LogP contribution in [0.1, 0.15) is 66.5 Å². The predicted octanol–water partition coefficient (Wildman–Crippen LogP) is 5.35. The SMILES string of the molecule is CCn1cc(-c2ccc(CC(CCO)c3c(C(N)=O)ccc(OC(C)C(F)(F)F)c3Cl)cc2)nc1C(C)NC(=O)NC. The fourth-order valence-electron chi connectivity index (χ4n) is 4.64. The summed E-state index contributed by atoms with van der Waals surface area (Å²) in [6, 6.07) is 9.29. The van der Waals surface area contributed by atoms with Crippen molar-refractivity contribution in [1.82, 2.24) is 20.2 Å². The highest BCUT2D eigenvalue weighted by molar-refractivity contribution is 6.33. The van der Waals surface area contributed by atoms with Crippen molar-refractivity contribution in [3.05, 3.63) is 70.1 Å². The van der Waals surface area contributed by atoms with Gasteiger partial charge in [0.2, 0.25) is 5.91 Å². The maximum absolute atomic E-state index is 13.1. The molecule has 0 bridgehead atoms. The number of nitrogens with two attached hydrogens (primary N) is 1. The third kappa shape index (κ3) is 7.74. The molecule has 9 nitrogen and oxygen atoms in total. The van der Waals surface area contributed by atoms with E-state index in [1.165, 1.54) is 19.2 Å². The zero-order valence-electron chi connectivity index (χ0n) is 23.8. The van der Waals surface area contributed by atoms with Gasteiger partial charge in [0, 0.05) is 37.5 Å². The molecule has 228 valence electrons. The Morgan fingerprint density at radius 1 is 1.17 bits per heavy atom. The van der Waals surface area contributed by atoms with Crippen LogP contribution in [0.25, 0.3) is 11.3 Å². The van der Waals surface area contributed by atoms with E-state index in [9.17, 15) is 27.9 Å². The molecule has 0 aliphatic heterocycles. The number of carbonyl (C=O) groups excluding carboxylic acids is 2. The van der Waals surface area contributed by atoms with Gasteiger partial charge in [-0.15, -0.1) is 0 Å². The number of rotatable bonds is 12. The number of hydrogen-bond acceptors (Lipinski definition) is 5. The Hall–Kier alpha value is -3.77. The van der Waals surface area contributed by atoms with E-state index in [0.717, 1.165) is 18.1 Å². The Kier molecular flexibility index (Phi) is 10.9. The van der Waals surface area contributed by atoms with Gasteiger partial charge in [-0.05, 0) is 62.8 Å². The topological polar surface area (TPSA) is 132 Å². The number of ether oxygens (including phenoxy) is 1. The number of nitrogens with zero attached hydrogens (tertiary/aromatic N) is 2. The summed E-state index contributed by atoms with van der Waals surface area (Å²) in [5.41, 5.74) is 8.20. The Morgan fingerprint density at radius 2 is 1.83 bits per heavy atom. The van der Waals surface area contributed by atoms with Gasteiger partial charge >= 0.3 is 12.2 Å². The highest BCUT2D eigenvalue weighted by Crippen LogP contribution is 2.40. The van der Waals surface area contributed by atoms with Gasteiger partial charge in [-0.3, -0.25) is 4.79 Å². The van der Waals surface area contributed by atoms with Crippen molar-refractivity contribution in [2.24, 2.45) is 5.73 Å². The van der Waals surface area contributed by atoms with Crippen LogP contribution in [0.5, 0.6) is 5.75 Å². The molecule has 2 aromatic carbocycles. The van der Waals surface area contributed by atoms with E-state index >= 15 is 0 Å². The number of amides is 3. The molecule has 0 aliphatic rings. The molecular formula is C29H35ClF3N5O4. The third-order valence-electron chi connectivity index (χ3n) is 6.90. The maximum Gasteiger partial charge on any atom is 0.425 e. The van der Waals surface area contributed by atoms with Crippen molar-refractivity contribution in [2.75, 3.05) is 13.7 Å². The summed E-state index contributed by atoms with van der Waals surface area (Å²) in [5, 5.41) is 15.0. The van der Waals surface area contributed by atoms with Crippen LogP contribution in [0.2, 0.25) is 5.02 Å². The summed E-state index contributed by atoms with van der Waals surface area (Å²) in [4.78, 5) is 28.7. The molecule has 3 aromatic rings. The molecule has 0 aliphatic carbocycles. The number of imidazole rings is 1. The maximum atomic E-state index is 13.1. The van der Waals surface area contributed by atoms with Crippen LogP contribution in [-0.2, 0) is 13.0 Å². The van der Waals surface area contributed by atoms with Crippen LogP contribution in [0, 0.1) is 0 Å². The first-order valence-electron chi connectivity index (χ1n) is 13.4. The van der Waals surface area contributed by atoms with Crippen molar-refractivity contribution in [1.29, 1.82) is 0 Å². The number of aliphatic hydroxyl groups excluding tert-OH is 1. The average molecular weight is 610 g/mol. The number of hydrogen-bond donors (Lipinski definition) is 4. The van der Waals surface area contributed by atoms with Gasteiger partial charge in [0.1, 0.15) is 11.6 Å². The Labute approximate surface area is 247 Å². The molecule has 0 spiro atoms. The number of primary amides is 1. The zero-order chi connectivity index (χ0) is 31.2. The molecule has 3 unspecified atom stereocenters. The van der Waals surface area contributed by atoms with Crippen LogP contribution in [0.15, 0.2) is 42.6 Å². The quantitative estimate of drug-likeness (QED) is 0.220. The monoisotopic (exact) mass is 609 g/mol. The first-order valence-corrected chi connectivity index (χ1v) is 13.8. The minimum absolute atomic E-state index is 0.0409. The lowest BCUT2D eigenvalue weighted by molar-refractivity contribution is -0.189. The van der Waals surface area contributed by atoms with Crippen molar-refractivity contribution < 1.29 is 32.6 Å². The van der Waals surface area contributed by atoms with Crippen LogP contribution < -0.4 is 21.1 Å². The van der Waals surface area contributed by atoms with E-state index in [-0.39, 0.29) is 47.0 Å². The number of benzene rings is 2. The van der Waals surface area contributed by atoms with E-state index < -0.39 is 24.1 Å². The summed E-state index contributed by atoms with van der Waals surface area (Å²) in [6.07, 6.45) is -4.38. The summed E-state index contributed by atoms with van der Waals surface area (Å²) in [7, 11) is 1.54. The van der Waals surface area contributed by atoms with E-state index in [4.69, 9.17) is 27.1 Å². The van der Waals surface area contributed by atoms with E-state index in [1.807, 2.05) is 48.9 Å². The standard InChI is InChI=1S/C29H35ClF3N5O4/c1-5-38-15-22(37-27(38)16(2)36-28(41)35-4)19-8-6-18(7-9-19)14-20(12-13-39)24-21(26(34)40)10-11-23(25(24)30)42-17(3)29(31,32)33/h6-11,15-17,20,39H,5,12-14H2,1-4H3,(H2,34,40)(H2,35,36,41). The second-order valence-corrected chi connectivity index (χ2v) is 10.2. The van der Waals surface area contributed by atoms with Crippen molar-refractivity contribution in [2.45, 2.75) is 64.4 Å². The number of carbonyl (C=O) groups is 2. The first-order chi connectivity index (χ1) is 19.8. The number of aromatic nitrogens is 2. The number of aryl methyl sites for hydroxylation is 1. The van der Waals surface area contributed by atoms with Gasteiger partial charge < -0.3 is 30.8 Å². The molecule has 0 fully saturated rings. The number of nitrogens with one attached hydrogen (secondary N) is 2. The largest absolute Gasteiger partial charge is 0.480 e. The van der Waals surface area contributed by atoms with Crippen molar-refractivity contribution in [3.8, 4) is 17.0 Å². The van der Waals surface area contributed by atoms with E-state index in [0.29, 0.717) is 24.5 Å². The molecule has 1 aromatic heterocycles. The Bertz CT molecular complexity index is 1400. The molecule has 0 saturated carbocycles. The van der Waals surface area contributed by atoms with Gasteiger partial charge in [0.25, 0.3) is 0 Å². The Balaban J connectivity index is 1.92. The molecule has 3 rings (SSSR count). The molecular weight excluding hydrogens is 575 g/mol.